The Bertz CT molecular complexity index is 717. The van der Waals surface area contributed by atoms with Crippen LogP contribution in [0.3, 0.4) is 0 Å². The molecule has 0 atom stereocenters. The second-order valence-electron chi connectivity index (χ2n) is 5.55. The van der Waals surface area contributed by atoms with Gasteiger partial charge in [-0.05, 0) is 48.4 Å². The van der Waals surface area contributed by atoms with Gasteiger partial charge in [0.15, 0.2) is 0 Å². The van der Waals surface area contributed by atoms with Crippen LogP contribution in [-0.4, -0.2) is 39.8 Å². The maximum atomic E-state index is 12.4. The molecule has 1 aromatic carbocycles. The van der Waals surface area contributed by atoms with Crippen LogP contribution >= 0.6 is 11.8 Å². The van der Waals surface area contributed by atoms with E-state index in [1.54, 1.807) is 24.0 Å². The van der Waals surface area contributed by atoms with Gasteiger partial charge in [0.1, 0.15) is 0 Å². The fraction of sp³-hybridized carbons (Fsp3) is 0.375. The van der Waals surface area contributed by atoms with Crippen LogP contribution in [0.15, 0.2) is 41.6 Å². The number of anilines is 1. The van der Waals surface area contributed by atoms with Crippen molar-refractivity contribution in [2.45, 2.75) is 23.2 Å². The largest absolute Gasteiger partial charge is 0.446 e. The summed E-state index contributed by atoms with van der Waals surface area (Å²) in [6.45, 7) is 0.526. The molecule has 0 aliphatic rings. The molecule has 25 heavy (non-hydrogen) atoms. The minimum atomic E-state index is -4.36. The van der Waals surface area contributed by atoms with Crippen molar-refractivity contribution in [2.24, 2.45) is 7.05 Å². The smallest absolute Gasteiger partial charge is 0.328 e. The van der Waals surface area contributed by atoms with Crippen molar-refractivity contribution < 1.29 is 18.0 Å². The van der Waals surface area contributed by atoms with Gasteiger partial charge in [-0.25, -0.2) is 4.79 Å². The molecule has 9 heteroatoms. The number of nitrogens with one attached hydrogen (secondary N) is 1. The number of hydrogen-bond acceptors (Lipinski definition) is 3. The minimum Gasteiger partial charge on any atom is -0.328 e. The van der Waals surface area contributed by atoms with Crippen molar-refractivity contribution in [3.63, 3.8) is 0 Å². The van der Waals surface area contributed by atoms with Gasteiger partial charge in [-0.15, -0.1) is 0 Å². The maximum absolute atomic E-state index is 12.4. The molecule has 0 aliphatic carbocycles. The Kier molecular flexibility index (Phi) is 6.35. The number of aromatic nitrogens is 2. The fourth-order valence-corrected chi connectivity index (χ4v) is 2.81. The summed E-state index contributed by atoms with van der Waals surface area (Å²) < 4.78 is 38.9. The third-order valence-corrected chi connectivity index (χ3v) is 4.10. The van der Waals surface area contributed by atoms with E-state index in [-0.39, 0.29) is 22.7 Å². The first-order chi connectivity index (χ1) is 11.7. The molecule has 0 fully saturated rings. The van der Waals surface area contributed by atoms with E-state index in [1.165, 1.54) is 23.1 Å². The summed E-state index contributed by atoms with van der Waals surface area (Å²) in [6, 6.07) is 5.33. The van der Waals surface area contributed by atoms with Gasteiger partial charge in [0, 0.05) is 37.4 Å². The number of aryl methyl sites for hydroxylation is 2. The Morgan fingerprint density at radius 1 is 1.40 bits per heavy atom. The average molecular weight is 372 g/mol. The number of rotatable bonds is 6. The molecule has 0 saturated heterocycles. The predicted molar refractivity (Wildman–Crippen MR) is 91.5 cm³/mol. The quantitative estimate of drug-likeness (QED) is 0.776. The zero-order chi connectivity index (χ0) is 18.4. The number of urea groups is 1. The normalized spacial score (nSPS) is 11.4. The highest BCUT2D eigenvalue weighted by Gasteiger charge is 2.29. The number of benzene rings is 1. The molecule has 2 rings (SSSR count). The van der Waals surface area contributed by atoms with Crippen molar-refractivity contribution in [1.82, 2.24) is 14.7 Å². The van der Waals surface area contributed by atoms with Crippen LogP contribution in [0.25, 0.3) is 0 Å². The summed E-state index contributed by atoms with van der Waals surface area (Å²) in [5.74, 6) is 0. The van der Waals surface area contributed by atoms with Crippen molar-refractivity contribution in [3.8, 4) is 0 Å². The minimum absolute atomic E-state index is 0.0320. The Labute approximate surface area is 148 Å². The molecule has 0 bridgehead atoms. The molecule has 1 heterocycles. The third kappa shape index (κ3) is 6.69. The molecule has 0 unspecified atom stereocenters. The lowest BCUT2D eigenvalue weighted by Crippen LogP contribution is -2.32. The van der Waals surface area contributed by atoms with Gasteiger partial charge in [0.05, 0.1) is 6.20 Å². The van der Waals surface area contributed by atoms with Gasteiger partial charge >= 0.3 is 11.5 Å². The van der Waals surface area contributed by atoms with E-state index in [9.17, 15) is 18.0 Å². The van der Waals surface area contributed by atoms with Gasteiger partial charge in [0.2, 0.25) is 0 Å². The molecule has 0 radical (unpaired) electrons. The first-order valence-electron chi connectivity index (χ1n) is 7.58. The zero-order valence-electron chi connectivity index (χ0n) is 13.9. The highest BCUT2D eigenvalue weighted by Crippen LogP contribution is 2.37. The van der Waals surface area contributed by atoms with Crippen LogP contribution in [0.1, 0.15) is 12.0 Å². The molecule has 136 valence electrons. The van der Waals surface area contributed by atoms with E-state index in [0.29, 0.717) is 12.2 Å². The Balaban J connectivity index is 1.83. The monoisotopic (exact) mass is 372 g/mol. The van der Waals surface area contributed by atoms with Crippen molar-refractivity contribution in [2.75, 3.05) is 18.9 Å². The Hall–Kier alpha value is -2.16. The second-order valence-corrected chi connectivity index (χ2v) is 6.69. The van der Waals surface area contributed by atoms with Crippen LogP contribution in [0.4, 0.5) is 23.7 Å². The number of halogens is 3. The van der Waals surface area contributed by atoms with E-state index in [4.69, 9.17) is 0 Å². The molecule has 1 aromatic heterocycles. The SMILES string of the molecule is CN(CCCc1cnn(C)c1)C(=O)Nc1cccc(SC(F)(F)F)c1. The van der Waals surface area contributed by atoms with Crippen LogP contribution in [0, 0.1) is 0 Å². The molecule has 2 amide bonds. The van der Waals surface area contributed by atoms with Gasteiger partial charge in [-0.2, -0.15) is 18.3 Å². The molecule has 0 spiro atoms. The lowest BCUT2D eigenvalue weighted by atomic mass is 10.2. The summed E-state index contributed by atoms with van der Waals surface area (Å²) >= 11 is -0.209. The first kappa shape index (κ1) is 19.2. The molecule has 2 aromatic rings. The Morgan fingerprint density at radius 2 is 2.16 bits per heavy atom. The zero-order valence-corrected chi connectivity index (χ0v) is 14.7. The maximum Gasteiger partial charge on any atom is 0.446 e. The summed E-state index contributed by atoms with van der Waals surface area (Å²) in [6.07, 6.45) is 5.26. The standard InChI is InChI=1S/C16H19F3N4OS/c1-22(8-4-5-12-10-20-23(2)11-12)15(24)21-13-6-3-7-14(9-13)25-16(17,18)19/h3,6-7,9-11H,4-5,8H2,1-2H3,(H,21,24). The lowest BCUT2D eigenvalue weighted by molar-refractivity contribution is -0.0328. The number of hydrogen-bond donors (Lipinski definition) is 1. The average Bonchev–Trinajstić information content (AvgIpc) is 2.91. The number of amides is 2. The van der Waals surface area contributed by atoms with Crippen molar-refractivity contribution in [1.29, 1.82) is 0 Å². The van der Waals surface area contributed by atoms with Gasteiger partial charge in [0.25, 0.3) is 0 Å². The van der Waals surface area contributed by atoms with Gasteiger partial charge in [-0.1, -0.05) is 6.07 Å². The number of carbonyl (C=O) groups excluding carboxylic acids is 1. The van der Waals surface area contributed by atoms with Gasteiger partial charge in [-0.3, -0.25) is 4.68 Å². The third-order valence-electron chi connectivity index (χ3n) is 3.38. The summed E-state index contributed by atoms with van der Waals surface area (Å²) in [5, 5.41) is 6.69. The van der Waals surface area contributed by atoms with E-state index in [1.807, 2.05) is 13.2 Å². The topological polar surface area (TPSA) is 50.2 Å². The summed E-state index contributed by atoms with van der Waals surface area (Å²) in [5.41, 5.74) is -2.93. The van der Waals surface area contributed by atoms with E-state index >= 15 is 0 Å². The highest BCUT2D eigenvalue weighted by molar-refractivity contribution is 8.00. The Morgan fingerprint density at radius 3 is 2.80 bits per heavy atom. The van der Waals surface area contributed by atoms with Crippen LogP contribution < -0.4 is 5.32 Å². The van der Waals surface area contributed by atoms with Gasteiger partial charge < -0.3 is 10.2 Å². The van der Waals surface area contributed by atoms with Crippen molar-refractivity contribution in [3.05, 3.63) is 42.2 Å². The number of carbonyl (C=O) groups is 1. The summed E-state index contributed by atoms with van der Waals surface area (Å²) in [7, 11) is 3.49. The second kappa shape index (κ2) is 8.28. The summed E-state index contributed by atoms with van der Waals surface area (Å²) in [4.78, 5) is 13.7. The van der Waals surface area contributed by atoms with E-state index < -0.39 is 5.51 Å². The number of nitrogens with zero attached hydrogens (tertiary/aromatic N) is 3. The first-order valence-corrected chi connectivity index (χ1v) is 8.40. The van der Waals surface area contributed by atoms with E-state index in [2.05, 4.69) is 10.4 Å². The predicted octanol–water partition coefficient (Wildman–Crippen LogP) is 4.13. The van der Waals surface area contributed by atoms with Crippen LogP contribution in [0.2, 0.25) is 0 Å². The number of alkyl halides is 3. The van der Waals surface area contributed by atoms with Crippen molar-refractivity contribution >= 4 is 23.5 Å². The molecule has 5 nitrogen and oxygen atoms in total. The van der Waals surface area contributed by atoms with E-state index in [0.717, 1.165) is 18.4 Å². The molecular formula is C16H19F3N4OS. The highest BCUT2D eigenvalue weighted by atomic mass is 32.2. The van der Waals surface area contributed by atoms with Crippen LogP contribution in [-0.2, 0) is 13.5 Å². The van der Waals surface area contributed by atoms with Crippen LogP contribution in [0.5, 0.6) is 0 Å². The molecule has 0 saturated carbocycles. The number of thioether (sulfide) groups is 1. The molecule has 0 aliphatic heterocycles. The molecular weight excluding hydrogens is 353 g/mol. The lowest BCUT2D eigenvalue weighted by Gasteiger charge is -2.18. The fourth-order valence-electron chi connectivity index (χ4n) is 2.21. The molecule has 1 N–H and O–H groups in total.